The molecule has 0 unspecified atom stereocenters. The maximum Gasteiger partial charge on any atom is 0.336 e. The third-order valence-electron chi connectivity index (χ3n) is 4.05. The zero-order valence-corrected chi connectivity index (χ0v) is 13.1. The van der Waals surface area contributed by atoms with E-state index >= 15 is 0 Å². The molecule has 0 radical (unpaired) electrons. The van der Waals surface area contributed by atoms with Crippen LogP contribution in [0.4, 0.5) is 0 Å². The average molecular weight is 300 g/mol. The summed E-state index contributed by atoms with van der Waals surface area (Å²) in [5.41, 5.74) is 9.48. The number of aryl methyl sites for hydroxylation is 3. The fraction of sp³-hybridized carbons (Fsp3) is 0.353. The molecule has 2 heterocycles. The zero-order valence-electron chi connectivity index (χ0n) is 13.1. The Balaban J connectivity index is 2.28. The molecule has 116 valence electrons. The van der Waals surface area contributed by atoms with Crippen LogP contribution in [-0.2, 0) is 6.54 Å². The van der Waals surface area contributed by atoms with Crippen LogP contribution in [0.1, 0.15) is 22.5 Å². The topological polar surface area (TPSA) is 81.4 Å². The lowest BCUT2D eigenvalue weighted by molar-refractivity contribution is 0.549. The van der Waals surface area contributed by atoms with Crippen molar-refractivity contribution in [1.29, 1.82) is 0 Å². The first kappa shape index (κ1) is 14.8. The van der Waals surface area contributed by atoms with Crippen molar-refractivity contribution in [3.05, 3.63) is 45.0 Å². The molecule has 0 atom stereocenters. The van der Waals surface area contributed by atoms with Crippen LogP contribution in [0.25, 0.3) is 21.9 Å². The predicted octanol–water partition coefficient (Wildman–Crippen LogP) is 2.51. The third-order valence-corrected chi connectivity index (χ3v) is 4.05. The van der Waals surface area contributed by atoms with E-state index in [-0.39, 0.29) is 5.63 Å². The lowest BCUT2D eigenvalue weighted by atomic mass is 10.0. The Morgan fingerprint density at radius 1 is 1.09 bits per heavy atom. The van der Waals surface area contributed by atoms with Crippen LogP contribution in [-0.4, -0.2) is 13.1 Å². The Morgan fingerprint density at radius 3 is 2.55 bits per heavy atom. The molecule has 0 aliphatic carbocycles. The van der Waals surface area contributed by atoms with Crippen molar-refractivity contribution in [3.63, 3.8) is 0 Å². The highest BCUT2D eigenvalue weighted by atomic mass is 16.4. The number of hydrogen-bond donors (Lipinski definition) is 2. The molecule has 0 aliphatic heterocycles. The molecule has 0 fully saturated rings. The third kappa shape index (κ3) is 2.32. The van der Waals surface area contributed by atoms with Gasteiger partial charge in [0.15, 0.2) is 0 Å². The van der Waals surface area contributed by atoms with Gasteiger partial charge in [0.2, 0.25) is 0 Å². The van der Waals surface area contributed by atoms with E-state index in [0.29, 0.717) is 18.7 Å². The molecule has 3 rings (SSSR count). The maximum atomic E-state index is 11.6. The van der Waals surface area contributed by atoms with Crippen molar-refractivity contribution in [2.24, 2.45) is 5.73 Å². The molecule has 2 aromatic heterocycles. The fourth-order valence-corrected chi connectivity index (χ4v) is 2.89. The normalized spacial score (nSPS) is 11.6. The summed E-state index contributed by atoms with van der Waals surface area (Å²) in [5, 5.41) is 5.31. The van der Waals surface area contributed by atoms with E-state index in [9.17, 15) is 4.79 Å². The van der Waals surface area contributed by atoms with Crippen molar-refractivity contribution in [1.82, 2.24) is 5.32 Å². The standard InChI is InChI=1S/C17H20N2O3/c1-9-6-15(20)22-16-10(2)17-13(7-12(9)16)14(11(3)21-17)8-19-5-4-18/h6-7,19H,4-5,8,18H2,1-3H3. The number of nitrogens with one attached hydrogen (secondary N) is 1. The van der Waals surface area contributed by atoms with Crippen LogP contribution >= 0.6 is 0 Å². The van der Waals surface area contributed by atoms with E-state index in [4.69, 9.17) is 14.6 Å². The van der Waals surface area contributed by atoms with E-state index < -0.39 is 0 Å². The largest absolute Gasteiger partial charge is 0.461 e. The van der Waals surface area contributed by atoms with Gasteiger partial charge in [-0.2, -0.15) is 0 Å². The monoisotopic (exact) mass is 300 g/mol. The van der Waals surface area contributed by atoms with Crippen molar-refractivity contribution < 1.29 is 8.83 Å². The average Bonchev–Trinajstić information content (AvgIpc) is 2.78. The first-order valence-corrected chi connectivity index (χ1v) is 7.39. The van der Waals surface area contributed by atoms with Crippen LogP contribution in [0.5, 0.6) is 0 Å². The van der Waals surface area contributed by atoms with Crippen molar-refractivity contribution in [2.45, 2.75) is 27.3 Å². The Bertz CT molecular complexity index is 906. The second kappa shape index (κ2) is 5.59. The zero-order chi connectivity index (χ0) is 15.9. The molecule has 5 heteroatoms. The summed E-state index contributed by atoms with van der Waals surface area (Å²) < 4.78 is 11.3. The minimum absolute atomic E-state index is 0.333. The summed E-state index contributed by atoms with van der Waals surface area (Å²) in [6.07, 6.45) is 0. The van der Waals surface area contributed by atoms with Crippen molar-refractivity contribution in [3.8, 4) is 0 Å². The summed E-state index contributed by atoms with van der Waals surface area (Å²) in [6.45, 7) is 7.86. The number of fused-ring (bicyclic) bond motifs is 2. The molecule has 0 bridgehead atoms. The number of rotatable bonds is 4. The SMILES string of the molecule is Cc1oc2c(C)c3oc(=O)cc(C)c3cc2c1CNCCN. The number of furan rings is 1. The van der Waals surface area contributed by atoms with Crippen molar-refractivity contribution in [2.75, 3.05) is 13.1 Å². The lowest BCUT2D eigenvalue weighted by Gasteiger charge is -2.06. The highest BCUT2D eigenvalue weighted by Gasteiger charge is 2.17. The summed E-state index contributed by atoms with van der Waals surface area (Å²) >= 11 is 0. The number of benzene rings is 1. The molecule has 22 heavy (non-hydrogen) atoms. The molecule has 3 aromatic rings. The van der Waals surface area contributed by atoms with Gasteiger partial charge in [-0.05, 0) is 32.4 Å². The minimum Gasteiger partial charge on any atom is -0.461 e. The fourth-order valence-electron chi connectivity index (χ4n) is 2.89. The Hall–Kier alpha value is -2.11. The Kier molecular flexibility index (Phi) is 3.76. The molecule has 1 aromatic carbocycles. The van der Waals surface area contributed by atoms with Gasteiger partial charge < -0.3 is 19.9 Å². The molecule has 0 aliphatic rings. The molecule has 0 spiro atoms. The lowest BCUT2D eigenvalue weighted by Crippen LogP contribution is -2.22. The first-order chi connectivity index (χ1) is 10.5. The van der Waals surface area contributed by atoms with Gasteiger partial charge in [-0.1, -0.05) is 0 Å². The van der Waals surface area contributed by atoms with Gasteiger partial charge in [0.1, 0.15) is 16.9 Å². The minimum atomic E-state index is -0.333. The quantitative estimate of drug-likeness (QED) is 0.571. The highest BCUT2D eigenvalue weighted by Crippen LogP contribution is 2.34. The van der Waals surface area contributed by atoms with Gasteiger partial charge >= 0.3 is 5.63 Å². The predicted molar refractivity (Wildman–Crippen MR) is 87.2 cm³/mol. The molecule has 0 saturated carbocycles. The number of nitrogens with two attached hydrogens (primary N) is 1. The smallest absolute Gasteiger partial charge is 0.336 e. The maximum absolute atomic E-state index is 11.6. The van der Waals surface area contributed by atoms with Crippen molar-refractivity contribution >= 4 is 21.9 Å². The van der Waals surface area contributed by atoms with Gasteiger partial charge in [0.25, 0.3) is 0 Å². The summed E-state index contributed by atoms with van der Waals surface area (Å²) in [6, 6.07) is 3.57. The van der Waals surface area contributed by atoms with Gasteiger partial charge in [0.05, 0.1) is 0 Å². The van der Waals surface area contributed by atoms with Gasteiger partial charge in [-0.15, -0.1) is 0 Å². The number of hydrogen-bond acceptors (Lipinski definition) is 5. The second-order valence-electron chi connectivity index (χ2n) is 5.61. The van der Waals surface area contributed by atoms with Gasteiger partial charge in [-0.3, -0.25) is 0 Å². The van der Waals surface area contributed by atoms with E-state index in [1.54, 1.807) is 0 Å². The van der Waals surface area contributed by atoms with E-state index in [2.05, 4.69) is 5.32 Å². The molecular formula is C17H20N2O3. The Morgan fingerprint density at radius 2 is 1.82 bits per heavy atom. The highest BCUT2D eigenvalue weighted by molar-refractivity contribution is 5.99. The summed E-state index contributed by atoms with van der Waals surface area (Å²) in [7, 11) is 0. The van der Waals surface area contributed by atoms with Gasteiger partial charge in [0, 0.05) is 47.6 Å². The summed E-state index contributed by atoms with van der Waals surface area (Å²) in [4.78, 5) is 11.6. The molecule has 5 nitrogen and oxygen atoms in total. The molecule has 0 amide bonds. The first-order valence-electron chi connectivity index (χ1n) is 7.39. The van der Waals surface area contributed by atoms with Crippen LogP contribution in [0.2, 0.25) is 0 Å². The van der Waals surface area contributed by atoms with Crippen LogP contribution < -0.4 is 16.7 Å². The Labute approximate surface area is 128 Å². The molecule has 0 saturated heterocycles. The summed E-state index contributed by atoms with van der Waals surface area (Å²) in [5.74, 6) is 0.873. The van der Waals surface area contributed by atoms with Gasteiger partial charge in [-0.25, -0.2) is 4.79 Å². The molecular weight excluding hydrogens is 280 g/mol. The van der Waals surface area contributed by atoms with E-state index in [1.165, 1.54) is 6.07 Å². The molecule has 3 N–H and O–H groups in total. The van der Waals surface area contributed by atoms with Crippen LogP contribution in [0, 0.1) is 20.8 Å². The second-order valence-corrected chi connectivity index (χ2v) is 5.61. The van der Waals surface area contributed by atoms with E-state index in [1.807, 2.05) is 26.8 Å². The van der Waals surface area contributed by atoms with E-state index in [0.717, 1.165) is 45.4 Å². The van der Waals surface area contributed by atoms with Crippen LogP contribution in [0.15, 0.2) is 25.8 Å². The van der Waals surface area contributed by atoms with Crippen LogP contribution in [0.3, 0.4) is 0 Å².